The lowest BCUT2D eigenvalue weighted by Gasteiger charge is -2.18. The van der Waals surface area contributed by atoms with Crippen molar-refractivity contribution in [1.82, 2.24) is 0 Å². The molecular weight excluding hydrogens is 208 g/mol. The molecule has 0 unspecified atom stereocenters. The van der Waals surface area contributed by atoms with E-state index in [1.165, 1.54) is 13.2 Å². The summed E-state index contributed by atoms with van der Waals surface area (Å²) in [4.78, 5) is 11.3. The van der Waals surface area contributed by atoms with E-state index in [0.29, 0.717) is 24.2 Å². The first-order valence-corrected chi connectivity index (χ1v) is 5.13. The van der Waals surface area contributed by atoms with Gasteiger partial charge in [0.25, 0.3) is 0 Å². The van der Waals surface area contributed by atoms with Crippen molar-refractivity contribution in [3.8, 4) is 11.5 Å². The molecule has 0 aromatic heterocycles. The standard InChI is InChI=1S/C12H14O4/c1-7-3-4-8(13)10(16-2)9(7)12(5-6-12)11(14)15/h3-4,13H,5-6H2,1-2H3,(H,14,15). The van der Waals surface area contributed by atoms with Crippen molar-refractivity contribution >= 4 is 5.97 Å². The van der Waals surface area contributed by atoms with Gasteiger partial charge < -0.3 is 14.9 Å². The zero-order valence-corrected chi connectivity index (χ0v) is 9.28. The van der Waals surface area contributed by atoms with Gasteiger partial charge in [0.2, 0.25) is 0 Å². The molecule has 1 aromatic carbocycles. The third-order valence-corrected chi connectivity index (χ3v) is 3.19. The number of phenols is 1. The zero-order chi connectivity index (χ0) is 11.9. The quantitative estimate of drug-likeness (QED) is 0.818. The first-order valence-electron chi connectivity index (χ1n) is 5.13. The van der Waals surface area contributed by atoms with E-state index in [-0.39, 0.29) is 5.75 Å². The van der Waals surface area contributed by atoms with Crippen LogP contribution in [0.1, 0.15) is 24.0 Å². The molecule has 1 saturated carbocycles. The third kappa shape index (κ3) is 1.33. The van der Waals surface area contributed by atoms with Crippen LogP contribution in [-0.4, -0.2) is 23.3 Å². The van der Waals surface area contributed by atoms with Crippen LogP contribution < -0.4 is 4.74 Å². The van der Waals surface area contributed by atoms with Crippen LogP contribution in [0.4, 0.5) is 0 Å². The number of aromatic hydroxyl groups is 1. The minimum atomic E-state index is -0.853. The van der Waals surface area contributed by atoms with Gasteiger partial charge in [-0.2, -0.15) is 0 Å². The second-order valence-corrected chi connectivity index (χ2v) is 4.20. The Kier molecular flexibility index (Phi) is 2.30. The number of benzene rings is 1. The number of carbonyl (C=O) groups is 1. The van der Waals surface area contributed by atoms with Gasteiger partial charge in [-0.15, -0.1) is 0 Å². The number of rotatable bonds is 3. The fourth-order valence-corrected chi connectivity index (χ4v) is 2.17. The minimum Gasteiger partial charge on any atom is -0.504 e. The molecular formula is C12H14O4. The Morgan fingerprint density at radius 2 is 2.06 bits per heavy atom. The summed E-state index contributed by atoms with van der Waals surface area (Å²) in [5.41, 5.74) is 0.603. The summed E-state index contributed by atoms with van der Waals surface area (Å²) in [6, 6.07) is 3.24. The Morgan fingerprint density at radius 3 is 2.50 bits per heavy atom. The monoisotopic (exact) mass is 222 g/mol. The van der Waals surface area contributed by atoms with Gasteiger partial charge in [-0.25, -0.2) is 0 Å². The Bertz CT molecular complexity index is 447. The molecule has 1 aliphatic carbocycles. The third-order valence-electron chi connectivity index (χ3n) is 3.19. The van der Waals surface area contributed by atoms with Gasteiger partial charge in [0.1, 0.15) is 0 Å². The highest BCUT2D eigenvalue weighted by Crippen LogP contribution is 2.54. The van der Waals surface area contributed by atoms with Crippen LogP contribution in [0.2, 0.25) is 0 Å². The second-order valence-electron chi connectivity index (χ2n) is 4.20. The van der Waals surface area contributed by atoms with Crippen LogP contribution in [-0.2, 0) is 10.2 Å². The molecule has 0 heterocycles. The van der Waals surface area contributed by atoms with Gasteiger partial charge >= 0.3 is 5.97 Å². The smallest absolute Gasteiger partial charge is 0.314 e. The van der Waals surface area contributed by atoms with Crippen molar-refractivity contribution < 1.29 is 19.7 Å². The summed E-state index contributed by atoms with van der Waals surface area (Å²) in [5.74, 6) is -0.560. The second kappa shape index (κ2) is 3.40. The molecule has 0 saturated heterocycles. The van der Waals surface area contributed by atoms with E-state index in [0.717, 1.165) is 5.56 Å². The molecule has 0 amide bonds. The van der Waals surface area contributed by atoms with Gasteiger partial charge in [0.15, 0.2) is 11.5 Å². The minimum absolute atomic E-state index is 0.00405. The largest absolute Gasteiger partial charge is 0.504 e. The lowest BCUT2D eigenvalue weighted by atomic mass is 9.90. The number of aliphatic carboxylic acids is 1. The first-order chi connectivity index (χ1) is 7.53. The number of phenolic OH excluding ortho intramolecular Hbond substituents is 1. The lowest BCUT2D eigenvalue weighted by Crippen LogP contribution is -2.21. The number of methoxy groups -OCH3 is 1. The number of ether oxygens (including phenoxy) is 1. The molecule has 4 heteroatoms. The Labute approximate surface area is 93.5 Å². The fraction of sp³-hybridized carbons (Fsp3) is 0.417. The topological polar surface area (TPSA) is 66.8 Å². The molecule has 1 aromatic rings. The molecule has 0 bridgehead atoms. The van der Waals surface area contributed by atoms with E-state index in [1.807, 2.05) is 6.92 Å². The van der Waals surface area contributed by atoms with Crippen molar-refractivity contribution in [2.24, 2.45) is 0 Å². The number of hydrogen-bond acceptors (Lipinski definition) is 3. The first kappa shape index (κ1) is 10.8. The summed E-state index contributed by atoms with van der Waals surface area (Å²) >= 11 is 0. The average molecular weight is 222 g/mol. The highest BCUT2D eigenvalue weighted by Gasteiger charge is 2.54. The van der Waals surface area contributed by atoms with Crippen LogP contribution in [0, 0.1) is 6.92 Å². The number of carboxylic acids is 1. The maximum Gasteiger partial charge on any atom is 0.314 e. The Balaban J connectivity index is 2.64. The van der Waals surface area contributed by atoms with Crippen molar-refractivity contribution in [1.29, 1.82) is 0 Å². The van der Waals surface area contributed by atoms with Crippen LogP contribution in [0.25, 0.3) is 0 Å². The fourth-order valence-electron chi connectivity index (χ4n) is 2.17. The molecule has 1 fully saturated rings. The molecule has 1 aliphatic rings. The van der Waals surface area contributed by atoms with Gasteiger partial charge in [-0.3, -0.25) is 4.79 Å². The maximum absolute atomic E-state index is 11.3. The molecule has 16 heavy (non-hydrogen) atoms. The van der Waals surface area contributed by atoms with E-state index in [4.69, 9.17) is 4.74 Å². The van der Waals surface area contributed by atoms with Crippen LogP contribution in [0.15, 0.2) is 12.1 Å². The molecule has 86 valence electrons. The van der Waals surface area contributed by atoms with Gasteiger partial charge in [-0.05, 0) is 31.4 Å². The average Bonchev–Trinajstić information content (AvgIpc) is 3.02. The number of carboxylic acid groups (broad SMARTS) is 1. The predicted molar refractivity (Wildman–Crippen MR) is 57.9 cm³/mol. The zero-order valence-electron chi connectivity index (χ0n) is 9.28. The molecule has 0 spiro atoms. The maximum atomic E-state index is 11.3. The lowest BCUT2D eigenvalue weighted by molar-refractivity contribution is -0.140. The van der Waals surface area contributed by atoms with Crippen molar-refractivity contribution in [3.05, 3.63) is 23.3 Å². The van der Waals surface area contributed by atoms with Gasteiger partial charge in [0.05, 0.1) is 12.5 Å². The van der Waals surface area contributed by atoms with E-state index >= 15 is 0 Å². The molecule has 4 nitrogen and oxygen atoms in total. The van der Waals surface area contributed by atoms with Crippen LogP contribution in [0.3, 0.4) is 0 Å². The van der Waals surface area contributed by atoms with Crippen LogP contribution >= 0.6 is 0 Å². The summed E-state index contributed by atoms with van der Waals surface area (Å²) in [6.45, 7) is 1.83. The summed E-state index contributed by atoms with van der Waals surface area (Å²) < 4.78 is 5.12. The van der Waals surface area contributed by atoms with Crippen molar-refractivity contribution in [3.63, 3.8) is 0 Å². The van der Waals surface area contributed by atoms with Crippen LogP contribution in [0.5, 0.6) is 11.5 Å². The normalized spacial score (nSPS) is 16.9. The van der Waals surface area contributed by atoms with Crippen molar-refractivity contribution in [2.45, 2.75) is 25.2 Å². The summed E-state index contributed by atoms with van der Waals surface area (Å²) in [5, 5.41) is 18.9. The highest BCUT2D eigenvalue weighted by atomic mass is 16.5. The molecule has 2 N–H and O–H groups in total. The SMILES string of the molecule is COc1c(O)ccc(C)c1C1(C(=O)O)CC1. The molecule has 0 atom stereocenters. The van der Waals surface area contributed by atoms with Crippen molar-refractivity contribution in [2.75, 3.05) is 7.11 Å². The van der Waals surface area contributed by atoms with E-state index in [2.05, 4.69) is 0 Å². The summed E-state index contributed by atoms with van der Waals surface area (Å²) in [6.07, 6.45) is 1.20. The highest BCUT2D eigenvalue weighted by molar-refractivity contribution is 5.87. The molecule has 0 aliphatic heterocycles. The van der Waals surface area contributed by atoms with E-state index < -0.39 is 11.4 Å². The number of aryl methyl sites for hydroxylation is 1. The molecule has 0 radical (unpaired) electrons. The van der Waals surface area contributed by atoms with E-state index in [1.54, 1.807) is 6.07 Å². The Hall–Kier alpha value is -1.71. The predicted octanol–water partition coefficient (Wildman–Crippen LogP) is 1.83. The van der Waals surface area contributed by atoms with E-state index in [9.17, 15) is 15.0 Å². The van der Waals surface area contributed by atoms with Gasteiger partial charge in [-0.1, -0.05) is 6.07 Å². The molecule has 2 rings (SSSR count). The summed E-state index contributed by atoms with van der Waals surface area (Å²) in [7, 11) is 1.44. The van der Waals surface area contributed by atoms with Gasteiger partial charge in [0, 0.05) is 5.56 Å². The number of hydrogen-bond donors (Lipinski definition) is 2. The Morgan fingerprint density at radius 1 is 1.44 bits per heavy atom.